The van der Waals surface area contributed by atoms with Gasteiger partial charge < -0.3 is 14.2 Å². The maximum absolute atomic E-state index is 12.2. The highest BCUT2D eigenvalue weighted by Gasteiger charge is 2.14. The van der Waals surface area contributed by atoms with E-state index in [1.54, 1.807) is 35.7 Å². The lowest BCUT2D eigenvalue weighted by Crippen LogP contribution is -2.25. The third kappa shape index (κ3) is 6.66. The zero-order valence-corrected chi connectivity index (χ0v) is 19.8. The largest absolute Gasteiger partial charge is 0.493 e. The van der Waals surface area contributed by atoms with Gasteiger partial charge in [0, 0.05) is 0 Å². The van der Waals surface area contributed by atoms with Gasteiger partial charge in [-0.3, -0.25) is 4.79 Å². The van der Waals surface area contributed by atoms with Crippen molar-refractivity contribution in [2.45, 2.75) is 26.7 Å². The normalized spacial score (nSPS) is 10.9. The van der Waals surface area contributed by atoms with Crippen LogP contribution in [-0.4, -0.2) is 31.8 Å². The van der Waals surface area contributed by atoms with Gasteiger partial charge in [0.05, 0.1) is 13.3 Å². The number of esters is 1. The molecule has 1 heterocycles. The summed E-state index contributed by atoms with van der Waals surface area (Å²) in [5, 5.41) is 5.77. The van der Waals surface area contributed by atoms with Gasteiger partial charge in [-0.2, -0.15) is 5.10 Å². The highest BCUT2D eigenvalue weighted by molar-refractivity contribution is 7.12. The molecule has 0 spiro atoms. The lowest BCUT2D eigenvalue weighted by molar-refractivity contribution is -0.123. The van der Waals surface area contributed by atoms with Crippen LogP contribution in [0.5, 0.6) is 17.2 Å². The number of carbonyl (C=O) groups is 2. The predicted molar refractivity (Wildman–Crippen MR) is 129 cm³/mol. The predicted octanol–water partition coefficient (Wildman–Crippen LogP) is 4.94. The number of hydrazone groups is 1. The molecule has 172 valence electrons. The first-order valence-corrected chi connectivity index (χ1v) is 11.2. The van der Waals surface area contributed by atoms with E-state index in [9.17, 15) is 9.59 Å². The minimum absolute atomic E-state index is 0.151. The Balaban J connectivity index is 1.57. The molecule has 0 aliphatic carbocycles. The van der Waals surface area contributed by atoms with Crippen LogP contribution in [0.1, 0.15) is 46.1 Å². The molecule has 33 heavy (non-hydrogen) atoms. The molecular formula is C25H26N2O5S. The monoisotopic (exact) mass is 466 g/mol. The number of hydrogen-bond donors (Lipinski definition) is 1. The highest BCUT2D eigenvalue weighted by atomic mass is 32.1. The summed E-state index contributed by atoms with van der Waals surface area (Å²) in [4.78, 5) is 24.8. The van der Waals surface area contributed by atoms with E-state index in [0.717, 1.165) is 11.1 Å². The first-order chi connectivity index (χ1) is 15.9. The molecule has 2 aromatic carbocycles. The van der Waals surface area contributed by atoms with Gasteiger partial charge >= 0.3 is 5.97 Å². The molecule has 0 radical (unpaired) electrons. The Labute approximate surface area is 197 Å². The molecule has 7 nitrogen and oxygen atoms in total. The van der Waals surface area contributed by atoms with Gasteiger partial charge in [-0.15, -0.1) is 11.3 Å². The quantitative estimate of drug-likeness (QED) is 0.209. The van der Waals surface area contributed by atoms with Gasteiger partial charge in [-0.25, -0.2) is 10.2 Å². The number of aryl methyl sites for hydroxylation is 1. The van der Waals surface area contributed by atoms with Crippen LogP contribution in [0.3, 0.4) is 0 Å². The topological polar surface area (TPSA) is 86.2 Å². The number of ether oxygens (including phenoxy) is 3. The third-order valence-electron chi connectivity index (χ3n) is 4.67. The molecule has 0 saturated carbocycles. The molecule has 1 N–H and O–H groups in total. The molecule has 0 saturated heterocycles. The number of nitrogens with zero attached hydrogens (tertiary/aromatic N) is 1. The van der Waals surface area contributed by atoms with Crippen molar-refractivity contribution in [1.29, 1.82) is 0 Å². The Bertz CT molecular complexity index is 1140. The van der Waals surface area contributed by atoms with E-state index in [0.29, 0.717) is 27.7 Å². The molecule has 3 rings (SSSR count). The van der Waals surface area contributed by atoms with E-state index < -0.39 is 5.97 Å². The fraction of sp³-hybridized carbons (Fsp3) is 0.240. The van der Waals surface area contributed by atoms with E-state index in [1.807, 2.05) is 25.1 Å². The Morgan fingerprint density at radius 3 is 2.61 bits per heavy atom. The smallest absolute Gasteiger partial charge is 0.353 e. The summed E-state index contributed by atoms with van der Waals surface area (Å²) >= 11 is 1.30. The van der Waals surface area contributed by atoms with Gasteiger partial charge in [0.15, 0.2) is 18.1 Å². The van der Waals surface area contributed by atoms with Gasteiger partial charge in [0.1, 0.15) is 10.6 Å². The average molecular weight is 467 g/mol. The zero-order chi connectivity index (χ0) is 23.8. The fourth-order valence-electron chi connectivity index (χ4n) is 2.99. The Morgan fingerprint density at radius 1 is 1.09 bits per heavy atom. The van der Waals surface area contributed by atoms with E-state index in [4.69, 9.17) is 14.2 Å². The van der Waals surface area contributed by atoms with Crippen LogP contribution in [0.2, 0.25) is 0 Å². The summed E-state index contributed by atoms with van der Waals surface area (Å²) in [7, 11) is 1.48. The molecule has 3 aromatic rings. The van der Waals surface area contributed by atoms with Crippen molar-refractivity contribution in [2.24, 2.45) is 5.10 Å². The zero-order valence-electron chi connectivity index (χ0n) is 19.0. The fourth-order valence-corrected chi connectivity index (χ4v) is 3.59. The Morgan fingerprint density at radius 2 is 1.91 bits per heavy atom. The second-order valence-electron chi connectivity index (χ2n) is 7.55. The van der Waals surface area contributed by atoms with Crippen LogP contribution in [-0.2, 0) is 4.79 Å². The lowest BCUT2D eigenvalue weighted by Gasteiger charge is -2.14. The van der Waals surface area contributed by atoms with Crippen molar-refractivity contribution in [1.82, 2.24) is 5.43 Å². The summed E-state index contributed by atoms with van der Waals surface area (Å²) in [6, 6.07) is 14.4. The molecule has 1 amide bonds. The summed E-state index contributed by atoms with van der Waals surface area (Å²) in [6.07, 6.45) is 1.47. The minimum atomic E-state index is -0.453. The van der Waals surface area contributed by atoms with Crippen LogP contribution in [0.15, 0.2) is 59.0 Å². The molecule has 0 atom stereocenters. The summed E-state index contributed by atoms with van der Waals surface area (Å²) in [5.74, 6) is 0.816. The number of hydrogen-bond acceptors (Lipinski definition) is 7. The van der Waals surface area contributed by atoms with Crippen molar-refractivity contribution in [3.8, 4) is 17.2 Å². The van der Waals surface area contributed by atoms with E-state index >= 15 is 0 Å². The van der Waals surface area contributed by atoms with E-state index in [2.05, 4.69) is 24.4 Å². The van der Waals surface area contributed by atoms with Gasteiger partial charge in [0.25, 0.3) is 5.91 Å². The SMILES string of the molecule is COc1cc(/C=N/NC(=O)COc2cc(C)ccc2C(C)C)ccc1OC(=O)c1cccs1. The second kappa shape index (κ2) is 11.3. The molecule has 1 aromatic heterocycles. The number of carbonyl (C=O) groups excluding carboxylic acids is 2. The van der Waals surface area contributed by atoms with Crippen molar-refractivity contribution in [3.05, 3.63) is 75.5 Å². The third-order valence-corrected chi connectivity index (χ3v) is 5.52. The highest BCUT2D eigenvalue weighted by Crippen LogP contribution is 2.29. The maximum atomic E-state index is 12.2. The van der Waals surface area contributed by atoms with Crippen molar-refractivity contribution in [2.75, 3.05) is 13.7 Å². The second-order valence-corrected chi connectivity index (χ2v) is 8.50. The number of rotatable bonds is 9. The van der Waals surface area contributed by atoms with Crippen molar-refractivity contribution >= 4 is 29.4 Å². The summed E-state index contributed by atoms with van der Waals surface area (Å²) in [5.41, 5.74) is 5.21. The van der Waals surface area contributed by atoms with Crippen molar-refractivity contribution in [3.63, 3.8) is 0 Å². The molecule has 0 aliphatic rings. The molecule has 8 heteroatoms. The Hall–Kier alpha value is -3.65. The number of thiophene rings is 1. The van der Waals surface area contributed by atoms with Gasteiger partial charge in [-0.1, -0.05) is 32.0 Å². The first kappa shape index (κ1) is 24.0. The first-order valence-electron chi connectivity index (χ1n) is 10.4. The molecular weight excluding hydrogens is 440 g/mol. The van der Waals surface area contributed by atoms with Gasteiger partial charge in [0.2, 0.25) is 0 Å². The van der Waals surface area contributed by atoms with Crippen LogP contribution in [0, 0.1) is 6.92 Å². The van der Waals surface area contributed by atoms with Crippen LogP contribution in [0.4, 0.5) is 0 Å². The van der Waals surface area contributed by atoms with Gasteiger partial charge in [-0.05, 0) is 65.2 Å². The van der Waals surface area contributed by atoms with E-state index in [-0.39, 0.29) is 18.4 Å². The minimum Gasteiger partial charge on any atom is -0.493 e. The number of methoxy groups -OCH3 is 1. The van der Waals surface area contributed by atoms with Crippen LogP contribution in [0.25, 0.3) is 0 Å². The van der Waals surface area contributed by atoms with Crippen molar-refractivity contribution < 1.29 is 23.8 Å². The number of amides is 1. The lowest BCUT2D eigenvalue weighted by atomic mass is 10.0. The average Bonchev–Trinajstić information content (AvgIpc) is 3.33. The van der Waals surface area contributed by atoms with Crippen LogP contribution >= 0.6 is 11.3 Å². The van der Waals surface area contributed by atoms with E-state index in [1.165, 1.54) is 24.7 Å². The summed E-state index contributed by atoms with van der Waals surface area (Å²) in [6.45, 7) is 5.97. The maximum Gasteiger partial charge on any atom is 0.353 e. The molecule has 0 bridgehead atoms. The molecule has 0 fully saturated rings. The number of nitrogens with one attached hydrogen (secondary N) is 1. The standard InChI is InChI=1S/C25H26N2O5S/c1-16(2)19-9-7-17(3)12-21(19)31-15-24(28)27-26-14-18-8-10-20(22(13-18)30-4)32-25(29)23-6-5-11-33-23/h5-14,16H,15H2,1-4H3,(H,27,28)/b26-14+. The molecule has 0 unspecified atom stereocenters. The number of benzene rings is 2. The van der Waals surface area contributed by atoms with Crippen LogP contribution < -0.4 is 19.6 Å². The molecule has 0 aliphatic heterocycles. The Kier molecular flexibility index (Phi) is 8.21. The summed E-state index contributed by atoms with van der Waals surface area (Å²) < 4.78 is 16.4.